The zero-order valence-electron chi connectivity index (χ0n) is 11.7. The lowest BCUT2D eigenvalue weighted by Crippen LogP contribution is -2.00. The normalized spacial score (nSPS) is 16.8. The Labute approximate surface area is 102 Å². The van der Waals surface area contributed by atoms with Crippen LogP contribution < -0.4 is 0 Å². The highest BCUT2D eigenvalue weighted by molar-refractivity contribution is 5.52. The standard InChI is InChI=1S/C15H30O/c1-5-13(2)8-6-9-14(3)10-7-11-15(4)12-16/h12-15H,5-11H2,1-4H3. The van der Waals surface area contributed by atoms with Gasteiger partial charge in [-0.2, -0.15) is 0 Å². The molecule has 0 rings (SSSR count). The third-order valence-electron chi connectivity index (χ3n) is 3.68. The minimum atomic E-state index is 0.257. The molecule has 96 valence electrons. The van der Waals surface area contributed by atoms with Crippen LogP contribution >= 0.6 is 0 Å². The monoisotopic (exact) mass is 226 g/mol. The van der Waals surface area contributed by atoms with E-state index in [1.807, 2.05) is 6.92 Å². The van der Waals surface area contributed by atoms with E-state index in [2.05, 4.69) is 20.8 Å². The topological polar surface area (TPSA) is 17.1 Å². The van der Waals surface area contributed by atoms with Crippen molar-refractivity contribution in [2.75, 3.05) is 0 Å². The fourth-order valence-corrected chi connectivity index (χ4v) is 2.02. The lowest BCUT2D eigenvalue weighted by molar-refractivity contribution is -0.110. The maximum Gasteiger partial charge on any atom is 0.122 e. The second kappa shape index (κ2) is 9.86. The minimum absolute atomic E-state index is 0.257. The third-order valence-corrected chi connectivity index (χ3v) is 3.68. The van der Waals surface area contributed by atoms with E-state index in [9.17, 15) is 4.79 Å². The van der Waals surface area contributed by atoms with Crippen molar-refractivity contribution < 1.29 is 4.79 Å². The Hall–Kier alpha value is -0.330. The van der Waals surface area contributed by atoms with Gasteiger partial charge in [0.2, 0.25) is 0 Å². The Morgan fingerprint density at radius 2 is 1.38 bits per heavy atom. The summed E-state index contributed by atoms with van der Waals surface area (Å²) in [5.74, 6) is 1.98. The zero-order valence-corrected chi connectivity index (χ0v) is 11.7. The highest BCUT2D eigenvalue weighted by Gasteiger charge is 2.05. The molecule has 0 radical (unpaired) electrons. The first-order chi connectivity index (χ1) is 7.60. The molecule has 0 aliphatic heterocycles. The van der Waals surface area contributed by atoms with Crippen molar-refractivity contribution in [2.24, 2.45) is 17.8 Å². The molecule has 0 aromatic carbocycles. The predicted molar refractivity (Wildman–Crippen MR) is 71.5 cm³/mol. The third kappa shape index (κ3) is 8.94. The summed E-state index contributed by atoms with van der Waals surface area (Å²) in [6, 6.07) is 0. The van der Waals surface area contributed by atoms with Crippen molar-refractivity contribution >= 4 is 6.29 Å². The van der Waals surface area contributed by atoms with Crippen LogP contribution in [0.2, 0.25) is 0 Å². The zero-order chi connectivity index (χ0) is 12.4. The van der Waals surface area contributed by atoms with Gasteiger partial charge in [0.15, 0.2) is 0 Å². The molecule has 0 aromatic heterocycles. The van der Waals surface area contributed by atoms with Crippen molar-refractivity contribution in [2.45, 2.75) is 72.6 Å². The fraction of sp³-hybridized carbons (Fsp3) is 0.933. The van der Waals surface area contributed by atoms with E-state index in [0.717, 1.165) is 24.5 Å². The Morgan fingerprint density at radius 3 is 1.88 bits per heavy atom. The van der Waals surface area contributed by atoms with Crippen LogP contribution in [0.25, 0.3) is 0 Å². The Balaban J connectivity index is 3.37. The molecule has 0 fully saturated rings. The Kier molecular flexibility index (Phi) is 9.66. The molecule has 0 aliphatic carbocycles. The quantitative estimate of drug-likeness (QED) is 0.487. The lowest BCUT2D eigenvalue weighted by Gasteiger charge is -2.13. The van der Waals surface area contributed by atoms with Crippen LogP contribution in [0.15, 0.2) is 0 Å². The van der Waals surface area contributed by atoms with Gasteiger partial charge in [0.05, 0.1) is 0 Å². The van der Waals surface area contributed by atoms with E-state index < -0.39 is 0 Å². The van der Waals surface area contributed by atoms with Crippen molar-refractivity contribution in [1.82, 2.24) is 0 Å². The first-order valence-electron chi connectivity index (χ1n) is 7.05. The number of carbonyl (C=O) groups is 1. The Morgan fingerprint density at radius 1 is 0.875 bits per heavy atom. The molecular weight excluding hydrogens is 196 g/mol. The van der Waals surface area contributed by atoms with Crippen molar-refractivity contribution in [3.05, 3.63) is 0 Å². The number of rotatable bonds is 10. The molecule has 0 heterocycles. The summed E-state index contributed by atoms with van der Waals surface area (Å²) in [6.07, 6.45) is 10.1. The van der Waals surface area contributed by atoms with E-state index in [1.54, 1.807) is 0 Å². The van der Waals surface area contributed by atoms with E-state index in [0.29, 0.717) is 0 Å². The van der Waals surface area contributed by atoms with Gasteiger partial charge in [0.1, 0.15) is 6.29 Å². The molecule has 0 N–H and O–H groups in total. The van der Waals surface area contributed by atoms with Gasteiger partial charge >= 0.3 is 0 Å². The highest BCUT2D eigenvalue weighted by Crippen LogP contribution is 2.19. The molecular formula is C15H30O. The summed E-state index contributed by atoms with van der Waals surface area (Å²) in [4.78, 5) is 10.5. The van der Waals surface area contributed by atoms with Crippen molar-refractivity contribution in [3.8, 4) is 0 Å². The smallest absolute Gasteiger partial charge is 0.122 e. The summed E-state index contributed by atoms with van der Waals surface area (Å²) >= 11 is 0. The minimum Gasteiger partial charge on any atom is -0.303 e. The molecule has 0 saturated carbocycles. The van der Waals surface area contributed by atoms with Gasteiger partial charge in [-0.25, -0.2) is 0 Å². The van der Waals surface area contributed by atoms with Gasteiger partial charge in [0.25, 0.3) is 0 Å². The first kappa shape index (κ1) is 15.7. The van der Waals surface area contributed by atoms with Crippen LogP contribution in [0, 0.1) is 17.8 Å². The van der Waals surface area contributed by atoms with Gasteiger partial charge in [-0.05, 0) is 18.3 Å². The van der Waals surface area contributed by atoms with Crippen LogP contribution in [-0.4, -0.2) is 6.29 Å². The van der Waals surface area contributed by atoms with E-state index in [1.165, 1.54) is 38.5 Å². The molecule has 0 amide bonds. The number of aldehydes is 1. The van der Waals surface area contributed by atoms with Gasteiger partial charge in [-0.15, -0.1) is 0 Å². The molecule has 1 nitrogen and oxygen atoms in total. The molecule has 3 atom stereocenters. The Bertz CT molecular complexity index is 165. The highest BCUT2D eigenvalue weighted by atomic mass is 16.1. The molecule has 3 unspecified atom stereocenters. The fourth-order valence-electron chi connectivity index (χ4n) is 2.02. The maximum absolute atomic E-state index is 10.5. The lowest BCUT2D eigenvalue weighted by atomic mass is 9.93. The molecule has 0 aliphatic rings. The average Bonchev–Trinajstić information content (AvgIpc) is 2.28. The summed E-state index contributed by atoms with van der Waals surface area (Å²) < 4.78 is 0. The van der Waals surface area contributed by atoms with Crippen LogP contribution in [-0.2, 0) is 4.79 Å². The summed E-state index contributed by atoms with van der Waals surface area (Å²) in [5, 5.41) is 0. The van der Waals surface area contributed by atoms with Gasteiger partial charge in [-0.3, -0.25) is 0 Å². The van der Waals surface area contributed by atoms with Gasteiger partial charge in [-0.1, -0.05) is 66.2 Å². The summed E-state index contributed by atoms with van der Waals surface area (Å²) in [6.45, 7) is 8.98. The number of hydrogen-bond donors (Lipinski definition) is 0. The average molecular weight is 226 g/mol. The molecule has 1 heteroatoms. The van der Waals surface area contributed by atoms with Crippen molar-refractivity contribution in [3.63, 3.8) is 0 Å². The van der Waals surface area contributed by atoms with Crippen LogP contribution in [0.1, 0.15) is 72.6 Å². The maximum atomic E-state index is 10.5. The number of carbonyl (C=O) groups excluding carboxylic acids is 1. The van der Waals surface area contributed by atoms with E-state index >= 15 is 0 Å². The van der Waals surface area contributed by atoms with E-state index in [-0.39, 0.29) is 5.92 Å². The van der Waals surface area contributed by atoms with Crippen LogP contribution in [0.4, 0.5) is 0 Å². The van der Waals surface area contributed by atoms with Gasteiger partial charge < -0.3 is 4.79 Å². The second-order valence-electron chi connectivity index (χ2n) is 5.59. The summed E-state index contributed by atoms with van der Waals surface area (Å²) in [7, 11) is 0. The predicted octanol–water partition coefficient (Wildman–Crippen LogP) is 4.84. The first-order valence-corrected chi connectivity index (χ1v) is 7.05. The molecule has 0 bridgehead atoms. The van der Waals surface area contributed by atoms with Gasteiger partial charge in [0, 0.05) is 5.92 Å². The molecule has 0 spiro atoms. The molecule has 0 saturated heterocycles. The molecule has 16 heavy (non-hydrogen) atoms. The van der Waals surface area contributed by atoms with E-state index in [4.69, 9.17) is 0 Å². The summed E-state index contributed by atoms with van der Waals surface area (Å²) in [5.41, 5.74) is 0. The largest absolute Gasteiger partial charge is 0.303 e. The SMILES string of the molecule is CCC(C)CCCC(C)CCCC(C)C=O. The number of hydrogen-bond acceptors (Lipinski definition) is 1. The van der Waals surface area contributed by atoms with Crippen molar-refractivity contribution in [1.29, 1.82) is 0 Å². The second-order valence-corrected chi connectivity index (χ2v) is 5.59. The van der Waals surface area contributed by atoms with Crippen LogP contribution in [0.3, 0.4) is 0 Å². The van der Waals surface area contributed by atoms with Crippen LogP contribution in [0.5, 0.6) is 0 Å². The molecule has 0 aromatic rings.